The van der Waals surface area contributed by atoms with Gasteiger partial charge in [0.15, 0.2) is 5.78 Å². The normalized spacial score (nSPS) is 21.2. The molecule has 0 aromatic carbocycles. The minimum atomic E-state index is -0.545. The van der Waals surface area contributed by atoms with Gasteiger partial charge >= 0.3 is 5.97 Å². The number of ketones is 1. The van der Waals surface area contributed by atoms with Gasteiger partial charge in [0.2, 0.25) is 0 Å². The third-order valence-electron chi connectivity index (χ3n) is 2.52. The summed E-state index contributed by atoms with van der Waals surface area (Å²) in [4.78, 5) is 24.6. The molecule has 1 aliphatic heterocycles. The number of nitrogens with zero attached hydrogens (tertiary/aromatic N) is 1. The van der Waals surface area contributed by atoms with Gasteiger partial charge in [-0.2, -0.15) is 0 Å². The first-order valence-electron chi connectivity index (χ1n) is 5.02. The molecule has 0 radical (unpaired) electrons. The van der Waals surface area contributed by atoms with Crippen LogP contribution >= 0.6 is 12.4 Å². The van der Waals surface area contributed by atoms with Crippen LogP contribution in [0.2, 0.25) is 0 Å². The maximum atomic E-state index is 11.4. The standard InChI is InChI=1S/C10H17NO3.ClH/c1-3-4-5-11-6-8(9(12)7-11)10(13)14-2;/h8H,3-7H2,1-2H3;1H. The number of hydrogen-bond acceptors (Lipinski definition) is 4. The molecular formula is C10H18ClNO3. The molecule has 1 aliphatic rings. The monoisotopic (exact) mass is 235 g/mol. The highest BCUT2D eigenvalue weighted by Gasteiger charge is 2.36. The van der Waals surface area contributed by atoms with Crippen LogP contribution in [0.1, 0.15) is 19.8 Å². The summed E-state index contributed by atoms with van der Waals surface area (Å²) in [5.74, 6) is -0.946. The number of halogens is 1. The van der Waals surface area contributed by atoms with Crippen LogP contribution in [0.15, 0.2) is 0 Å². The third-order valence-corrected chi connectivity index (χ3v) is 2.52. The lowest BCUT2D eigenvalue weighted by molar-refractivity contribution is -0.147. The van der Waals surface area contributed by atoms with E-state index in [2.05, 4.69) is 11.7 Å². The summed E-state index contributed by atoms with van der Waals surface area (Å²) in [5.41, 5.74) is 0. The molecule has 88 valence electrons. The molecule has 1 heterocycles. The first-order valence-corrected chi connectivity index (χ1v) is 5.02. The molecule has 0 aromatic heterocycles. The van der Waals surface area contributed by atoms with E-state index in [0.29, 0.717) is 13.1 Å². The number of carbonyl (C=O) groups is 2. The van der Waals surface area contributed by atoms with Gasteiger partial charge < -0.3 is 4.74 Å². The van der Waals surface area contributed by atoms with E-state index in [1.807, 2.05) is 4.90 Å². The molecule has 1 rings (SSSR count). The highest BCUT2D eigenvalue weighted by molar-refractivity contribution is 6.01. The van der Waals surface area contributed by atoms with Gasteiger partial charge in [0.05, 0.1) is 13.7 Å². The van der Waals surface area contributed by atoms with E-state index in [-0.39, 0.29) is 18.2 Å². The Morgan fingerprint density at radius 3 is 2.80 bits per heavy atom. The first-order chi connectivity index (χ1) is 6.69. The molecule has 0 saturated carbocycles. The van der Waals surface area contributed by atoms with E-state index in [1.165, 1.54) is 7.11 Å². The van der Waals surface area contributed by atoms with Crippen LogP contribution in [0.25, 0.3) is 0 Å². The summed E-state index contributed by atoms with van der Waals surface area (Å²) in [6.07, 6.45) is 2.18. The van der Waals surface area contributed by atoms with Gasteiger partial charge in [0, 0.05) is 6.54 Å². The van der Waals surface area contributed by atoms with E-state index < -0.39 is 11.9 Å². The second kappa shape index (κ2) is 6.80. The molecule has 1 atom stereocenters. The number of esters is 1. The van der Waals surface area contributed by atoms with E-state index in [0.717, 1.165) is 19.4 Å². The van der Waals surface area contributed by atoms with Crippen LogP contribution in [-0.2, 0) is 14.3 Å². The van der Waals surface area contributed by atoms with Gasteiger partial charge in [-0.3, -0.25) is 14.5 Å². The summed E-state index contributed by atoms with van der Waals surface area (Å²) < 4.78 is 4.57. The molecule has 0 bridgehead atoms. The van der Waals surface area contributed by atoms with Crippen LogP contribution in [0.4, 0.5) is 0 Å². The van der Waals surface area contributed by atoms with Crippen LogP contribution in [-0.4, -0.2) is 43.4 Å². The molecule has 0 N–H and O–H groups in total. The van der Waals surface area contributed by atoms with E-state index in [1.54, 1.807) is 0 Å². The van der Waals surface area contributed by atoms with Crippen molar-refractivity contribution in [3.8, 4) is 0 Å². The summed E-state index contributed by atoms with van der Waals surface area (Å²) in [6.45, 7) is 3.94. The summed E-state index contributed by atoms with van der Waals surface area (Å²) in [5, 5.41) is 0. The largest absolute Gasteiger partial charge is 0.468 e. The molecule has 5 heteroatoms. The second-order valence-corrected chi connectivity index (χ2v) is 3.63. The third kappa shape index (κ3) is 3.80. The van der Waals surface area contributed by atoms with Crippen molar-refractivity contribution in [2.24, 2.45) is 5.92 Å². The van der Waals surface area contributed by atoms with Gasteiger partial charge in [-0.05, 0) is 13.0 Å². The predicted octanol–water partition coefficient (Wildman–Crippen LogP) is 0.882. The fraction of sp³-hybridized carbons (Fsp3) is 0.800. The molecule has 1 fully saturated rings. The van der Waals surface area contributed by atoms with Crippen molar-refractivity contribution in [1.29, 1.82) is 0 Å². The van der Waals surface area contributed by atoms with Crippen LogP contribution < -0.4 is 0 Å². The Hall–Kier alpha value is -0.610. The molecule has 1 unspecified atom stereocenters. The zero-order valence-corrected chi connectivity index (χ0v) is 10.0. The number of hydrogen-bond donors (Lipinski definition) is 0. The van der Waals surface area contributed by atoms with Crippen molar-refractivity contribution in [2.75, 3.05) is 26.7 Å². The maximum absolute atomic E-state index is 11.4. The number of Topliss-reactive ketones (excluding diaryl/α,β-unsaturated/α-hetero) is 1. The van der Waals surface area contributed by atoms with Crippen molar-refractivity contribution in [3.05, 3.63) is 0 Å². The Labute approximate surface area is 96.4 Å². The van der Waals surface area contributed by atoms with E-state index >= 15 is 0 Å². The first kappa shape index (κ1) is 14.4. The number of unbranched alkanes of at least 4 members (excludes halogenated alkanes) is 1. The Bertz CT molecular complexity index is 233. The van der Waals surface area contributed by atoms with E-state index in [4.69, 9.17) is 0 Å². The van der Waals surface area contributed by atoms with Gasteiger partial charge in [0.25, 0.3) is 0 Å². The van der Waals surface area contributed by atoms with Crippen molar-refractivity contribution in [1.82, 2.24) is 4.90 Å². The number of rotatable bonds is 4. The SMILES string of the molecule is CCCCN1CC(=O)C(C(=O)OC)C1.Cl. The molecule has 1 saturated heterocycles. The van der Waals surface area contributed by atoms with Gasteiger partial charge in [0.1, 0.15) is 5.92 Å². The maximum Gasteiger partial charge on any atom is 0.317 e. The fourth-order valence-corrected chi connectivity index (χ4v) is 1.66. The fourth-order valence-electron chi connectivity index (χ4n) is 1.66. The minimum absolute atomic E-state index is 0. The topological polar surface area (TPSA) is 46.6 Å². The predicted molar refractivity (Wildman–Crippen MR) is 59.1 cm³/mol. The molecule has 0 amide bonds. The molecule has 15 heavy (non-hydrogen) atoms. The van der Waals surface area contributed by atoms with Gasteiger partial charge in [-0.25, -0.2) is 0 Å². The lowest BCUT2D eigenvalue weighted by Gasteiger charge is -2.12. The van der Waals surface area contributed by atoms with Crippen LogP contribution in [0, 0.1) is 5.92 Å². The Morgan fingerprint density at radius 2 is 2.27 bits per heavy atom. The summed E-state index contributed by atoms with van der Waals surface area (Å²) in [7, 11) is 1.32. The summed E-state index contributed by atoms with van der Waals surface area (Å²) >= 11 is 0. The Kier molecular flexibility index (Phi) is 6.52. The number of carbonyl (C=O) groups excluding carboxylic acids is 2. The lowest BCUT2D eigenvalue weighted by Crippen LogP contribution is -2.25. The van der Waals surface area contributed by atoms with Crippen molar-refractivity contribution < 1.29 is 14.3 Å². The average molecular weight is 236 g/mol. The number of likely N-dealkylation sites (tertiary alicyclic amines) is 1. The molecule has 0 aromatic rings. The second-order valence-electron chi connectivity index (χ2n) is 3.63. The van der Waals surface area contributed by atoms with Crippen molar-refractivity contribution >= 4 is 24.2 Å². The van der Waals surface area contributed by atoms with E-state index in [9.17, 15) is 9.59 Å². The average Bonchev–Trinajstić information content (AvgIpc) is 2.55. The Morgan fingerprint density at radius 1 is 1.60 bits per heavy atom. The van der Waals surface area contributed by atoms with Gasteiger partial charge in [-0.1, -0.05) is 13.3 Å². The smallest absolute Gasteiger partial charge is 0.317 e. The Balaban J connectivity index is 0.00000196. The molecule has 0 spiro atoms. The summed E-state index contributed by atoms with van der Waals surface area (Å²) in [6, 6.07) is 0. The number of ether oxygens (including phenoxy) is 1. The highest BCUT2D eigenvalue weighted by Crippen LogP contribution is 2.14. The molecule has 0 aliphatic carbocycles. The zero-order chi connectivity index (χ0) is 10.6. The van der Waals surface area contributed by atoms with Crippen LogP contribution in [0.5, 0.6) is 0 Å². The van der Waals surface area contributed by atoms with Crippen molar-refractivity contribution in [3.63, 3.8) is 0 Å². The number of methoxy groups -OCH3 is 1. The van der Waals surface area contributed by atoms with Crippen molar-refractivity contribution in [2.45, 2.75) is 19.8 Å². The molecule has 4 nitrogen and oxygen atoms in total. The van der Waals surface area contributed by atoms with Crippen LogP contribution in [0.3, 0.4) is 0 Å². The molecular weight excluding hydrogens is 218 g/mol. The quantitative estimate of drug-likeness (QED) is 0.536. The lowest BCUT2D eigenvalue weighted by atomic mass is 10.1. The highest BCUT2D eigenvalue weighted by atomic mass is 35.5. The minimum Gasteiger partial charge on any atom is -0.468 e. The van der Waals surface area contributed by atoms with Gasteiger partial charge in [-0.15, -0.1) is 12.4 Å². The zero-order valence-electron chi connectivity index (χ0n) is 9.19.